The molecule has 0 radical (unpaired) electrons. The van der Waals surface area contributed by atoms with Gasteiger partial charge >= 0.3 is 5.97 Å². The van der Waals surface area contributed by atoms with E-state index in [1.165, 1.54) is 0 Å². The molecule has 2 N–H and O–H groups in total. The Balaban J connectivity index is 1.51. The second-order valence-corrected chi connectivity index (χ2v) is 6.21. The number of carboxylic acids is 1. The van der Waals surface area contributed by atoms with Crippen molar-refractivity contribution < 1.29 is 24.2 Å². The Kier molecular flexibility index (Phi) is 7.12. The van der Waals surface area contributed by atoms with Crippen LogP contribution in [0.2, 0.25) is 0 Å². The van der Waals surface area contributed by atoms with Crippen molar-refractivity contribution in [3.8, 4) is 0 Å². The van der Waals surface area contributed by atoms with E-state index in [4.69, 9.17) is 14.6 Å². The Bertz CT molecular complexity index is 360. The number of rotatable bonds is 7. The van der Waals surface area contributed by atoms with Crippen molar-refractivity contribution in [3.63, 3.8) is 0 Å². The quantitative estimate of drug-likeness (QED) is 0.697. The summed E-state index contributed by atoms with van der Waals surface area (Å²) in [6.07, 6.45) is 5.62. The van der Waals surface area contributed by atoms with E-state index < -0.39 is 5.97 Å². The second kappa shape index (κ2) is 9.10. The lowest BCUT2D eigenvalue weighted by atomic mass is 9.81. The number of nitrogens with one attached hydrogen (secondary N) is 1. The van der Waals surface area contributed by atoms with Gasteiger partial charge in [-0.2, -0.15) is 0 Å². The number of ether oxygens (including phenoxy) is 2. The summed E-state index contributed by atoms with van der Waals surface area (Å²) in [6, 6.07) is 0. The first-order valence-corrected chi connectivity index (χ1v) is 8.36. The Morgan fingerprint density at radius 2 is 1.68 bits per heavy atom. The molecule has 0 spiro atoms. The van der Waals surface area contributed by atoms with Crippen molar-refractivity contribution in [2.45, 2.75) is 51.0 Å². The molecular weight excluding hydrogens is 286 g/mol. The molecule has 2 aliphatic rings. The summed E-state index contributed by atoms with van der Waals surface area (Å²) in [5, 5.41) is 11.9. The molecule has 1 saturated carbocycles. The van der Waals surface area contributed by atoms with Gasteiger partial charge in [-0.3, -0.25) is 9.59 Å². The van der Waals surface area contributed by atoms with Gasteiger partial charge in [0.2, 0.25) is 5.91 Å². The molecule has 1 aliphatic carbocycles. The van der Waals surface area contributed by atoms with E-state index in [2.05, 4.69) is 5.32 Å². The summed E-state index contributed by atoms with van der Waals surface area (Å²) >= 11 is 0. The number of carboxylic acid groups (broad SMARTS) is 1. The smallest absolute Gasteiger partial charge is 0.306 e. The molecule has 0 aromatic carbocycles. The third-order valence-electron chi connectivity index (χ3n) is 4.59. The van der Waals surface area contributed by atoms with Crippen LogP contribution in [0.1, 0.15) is 44.9 Å². The van der Waals surface area contributed by atoms with E-state index >= 15 is 0 Å². The van der Waals surface area contributed by atoms with E-state index in [9.17, 15) is 9.59 Å². The Morgan fingerprint density at radius 3 is 2.32 bits per heavy atom. The van der Waals surface area contributed by atoms with Gasteiger partial charge in [0.1, 0.15) is 0 Å². The zero-order valence-corrected chi connectivity index (χ0v) is 13.1. The lowest BCUT2D eigenvalue weighted by Gasteiger charge is -2.25. The van der Waals surface area contributed by atoms with Crippen molar-refractivity contribution in [1.82, 2.24) is 5.32 Å². The van der Waals surface area contributed by atoms with Gasteiger partial charge in [-0.05, 0) is 44.9 Å². The summed E-state index contributed by atoms with van der Waals surface area (Å²) < 4.78 is 11.0. The molecule has 126 valence electrons. The minimum Gasteiger partial charge on any atom is -0.481 e. The first-order chi connectivity index (χ1) is 10.7. The molecule has 1 aliphatic heterocycles. The maximum atomic E-state index is 12.0. The highest BCUT2D eigenvalue weighted by Gasteiger charge is 2.29. The predicted octanol–water partition coefficient (Wildman–Crippen LogP) is 1.58. The summed E-state index contributed by atoms with van der Waals surface area (Å²) in [7, 11) is 0. The molecule has 1 saturated heterocycles. The van der Waals surface area contributed by atoms with Crippen molar-refractivity contribution in [3.05, 3.63) is 0 Å². The minimum atomic E-state index is -0.732. The zero-order valence-electron chi connectivity index (χ0n) is 13.1. The lowest BCUT2D eigenvalue weighted by molar-refractivity contribution is -0.144. The fourth-order valence-corrected chi connectivity index (χ4v) is 3.12. The highest BCUT2D eigenvalue weighted by molar-refractivity contribution is 5.79. The van der Waals surface area contributed by atoms with E-state index in [-0.39, 0.29) is 17.7 Å². The largest absolute Gasteiger partial charge is 0.481 e. The van der Waals surface area contributed by atoms with Crippen LogP contribution in [0.5, 0.6) is 0 Å². The molecule has 0 bridgehead atoms. The molecule has 0 unspecified atom stereocenters. The van der Waals surface area contributed by atoms with Gasteiger partial charge in [-0.1, -0.05) is 0 Å². The van der Waals surface area contributed by atoms with Gasteiger partial charge < -0.3 is 19.9 Å². The Hall–Kier alpha value is -1.14. The van der Waals surface area contributed by atoms with Gasteiger partial charge in [0.05, 0.1) is 12.0 Å². The third-order valence-corrected chi connectivity index (χ3v) is 4.59. The average molecular weight is 313 g/mol. The van der Waals surface area contributed by atoms with Crippen LogP contribution in [0, 0.1) is 11.8 Å². The van der Waals surface area contributed by atoms with Gasteiger partial charge in [0, 0.05) is 32.3 Å². The molecule has 1 amide bonds. The molecule has 6 heteroatoms. The molecular formula is C16H27NO5. The minimum absolute atomic E-state index is 0.0213. The van der Waals surface area contributed by atoms with Gasteiger partial charge in [0.25, 0.3) is 0 Å². The van der Waals surface area contributed by atoms with Crippen molar-refractivity contribution in [1.29, 1.82) is 0 Å². The van der Waals surface area contributed by atoms with Crippen LogP contribution in [0.25, 0.3) is 0 Å². The van der Waals surface area contributed by atoms with Crippen LogP contribution in [0.4, 0.5) is 0 Å². The number of carbonyl (C=O) groups is 2. The number of amides is 1. The maximum absolute atomic E-state index is 12.0. The van der Waals surface area contributed by atoms with Crippen LogP contribution < -0.4 is 5.32 Å². The van der Waals surface area contributed by atoms with Crippen molar-refractivity contribution >= 4 is 11.9 Å². The first-order valence-electron chi connectivity index (χ1n) is 8.36. The van der Waals surface area contributed by atoms with Crippen LogP contribution >= 0.6 is 0 Å². The van der Waals surface area contributed by atoms with Gasteiger partial charge in [0.15, 0.2) is 0 Å². The van der Waals surface area contributed by atoms with E-state index in [0.717, 1.165) is 32.5 Å². The maximum Gasteiger partial charge on any atom is 0.306 e. The summed E-state index contributed by atoms with van der Waals surface area (Å²) in [4.78, 5) is 22.9. The number of hydrogen-bond acceptors (Lipinski definition) is 4. The van der Waals surface area contributed by atoms with E-state index in [1.54, 1.807) is 0 Å². The topological polar surface area (TPSA) is 84.9 Å². The first kappa shape index (κ1) is 17.2. The van der Waals surface area contributed by atoms with Crippen molar-refractivity contribution in [2.24, 2.45) is 11.8 Å². The Labute approximate surface area is 131 Å². The summed E-state index contributed by atoms with van der Waals surface area (Å²) in [6.45, 7) is 2.85. The van der Waals surface area contributed by atoms with Crippen LogP contribution in [-0.2, 0) is 19.1 Å². The zero-order chi connectivity index (χ0) is 15.8. The number of hydrogen-bond donors (Lipinski definition) is 2. The predicted molar refractivity (Wildman–Crippen MR) is 80.5 cm³/mol. The molecule has 22 heavy (non-hydrogen) atoms. The van der Waals surface area contributed by atoms with Crippen LogP contribution in [0.15, 0.2) is 0 Å². The standard InChI is InChI=1S/C16H27NO5/c18-15(12-2-4-13(5-3-12)16(19)20)17-8-1-9-22-14-6-10-21-11-7-14/h12-14H,1-11H2,(H,17,18)(H,19,20). The highest BCUT2D eigenvalue weighted by Crippen LogP contribution is 2.28. The summed E-state index contributed by atoms with van der Waals surface area (Å²) in [5.41, 5.74) is 0. The molecule has 0 atom stereocenters. The SMILES string of the molecule is O=C(O)C1CCC(C(=O)NCCCOC2CCOCC2)CC1. The monoisotopic (exact) mass is 313 g/mol. The van der Waals surface area contributed by atoms with E-state index in [1.807, 2.05) is 0 Å². The molecule has 6 nitrogen and oxygen atoms in total. The normalized spacial score (nSPS) is 26.5. The number of aliphatic carboxylic acids is 1. The second-order valence-electron chi connectivity index (χ2n) is 6.21. The molecule has 2 rings (SSSR count). The third kappa shape index (κ3) is 5.57. The van der Waals surface area contributed by atoms with Gasteiger partial charge in [-0.25, -0.2) is 0 Å². The lowest BCUT2D eigenvalue weighted by Crippen LogP contribution is -2.35. The fraction of sp³-hybridized carbons (Fsp3) is 0.875. The number of carbonyl (C=O) groups excluding carboxylic acids is 1. The molecule has 0 aromatic heterocycles. The van der Waals surface area contributed by atoms with Crippen LogP contribution in [-0.4, -0.2) is 49.5 Å². The summed E-state index contributed by atoms with van der Waals surface area (Å²) in [5.74, 6) is -0.956. The molecule has 0 aromatic rings. The van der Waals surface area contributed by atoms with Gasteiger partial charge in [-0.15, -0.1) is 0 Å². The fourth-order valence-electron chi connectivity index (χ4n) is 3.12. The van der Waals surface area contributed by atoms with E-state index in [0.29, 0.717) is 44.9 Å². The average Bonchev–Trinajstić information content (AvgIpc) is 2.55. The van der Waals surface area contributed by atoms with Crippen LogP contribution in [0.3, 0.4) is 0 Å². The molecule has 1 heterocycles. The highest BCUT2D eigenvalue weighted by atomic mass is 16.5. The molecule has 2 fully saturated rings. The Morgan fingerprint density at radius 1 is 1.05 bits per heavy atom. The van der Waals surface area contributed by atoms with Crippen molar-refractivity contribution in [2.75, 3.05) is 26.4 Å².